The average molecular weight is 354 g/mol. The van der Waals surface area contributed by atoms with E-state index in [0.29, 0.717) is 0 Å². The van der Waals surface area contributed by atoms with E-state index in [1.807, 2.05) is 31.3 Å². The van der Waals surface area contributed by atoms with E-state index in [0.717, 1.165) is 33.5 Å². The van der Waals surface area contributed by atoms with Crippen LogP contribution in [0.25, 0.3) is 22.2 Å². The molecule has 0 aliphatic rings. The van der Waals surface area contributed by atoms with Crippen molar-refractivity contribution in [3.8, 4) is 11.3 Å². The summed E-state index contributed by atoms with van der Waals surface area (Å²) < 4.78 is 12.2. The zero-order chi connectivity index (χ0) is 18.2. The van der Waals surface area contributed by atoms with E-state index in [4.69, 9.17) is 8.95 Å². The lowest BCUT2D eigenvalue weighted by Gasteiger charge is -2.33. The van der Waals surface area contributed by atoms with Crippen LogP contribution in [0.2, 0.25) is 13.1 Å². The number of pyridine rings is 1. The van der Waals surface area contributed by atoms with Gasteiger partial charge in [-0.3, -0.25) is 4.98 Å². The highest BCUT2D eigenvalue weighted by Crippen LogP contribution is 2.44. The summed E-state index contributed by atoms with van der Waals surface area (Å²) in [5.41, 5.74) is 4.65. The van der Waals surface area contributed by atoms with Gasteiger partial charge in [-0.1, -0.05) is 38.1 Å². The van der Waals surface area contributed by atoms with Crippen LogP contribution in [-0.4, -0.2) is 19.2 Å². The first-order valence-electron chi connectivity index (χ1n) is 8.56. The van der Waals surface area contributed by atoms with Crippen LogP contribution in [0.5, 0.6) is 0 Å². The van der Waals surface area contributed by atoms with E-state index in [9.17, 15) is 0 Å². The summed E-state index contributed by atoms with van der Waals surface area (Å²) in [6, 6.07) is 10.1. The van der Waals surface area contributed by atoms with E-state index in [-0.39, 0.29) is 11.5 Å². The van der Waals surface area contributed by atoms with Gasteiger partial charge in [0.25, 0.3) is 0 Å². The third-order valence-electron chi connectivity index (χ3n) is 4.20. The average Bonchev–Trinajstić information content (AvgIpc) is 2.93. The molecular formula is C20H25N2O2Si. The lowest BCUT2D eigenvalue weighted by atomic mass is 9.81. The Bertz CT molecular complexity index is 867. The zero-order valence-corrected chi connectivity index (χ0v) is 16.8. The van der Waals surface area contributed by atoms with Crippen molar-refractivity contribution in [1.29, 1.82) is 0 Å². The summed E-state index contributed by atoms with van der Waals surface area (Å²) >= 11 is 0. The minimum Gasteiger partial charge on any atom is -0.410 e. The standard InChI is InChI=1S/C20H25N2O2Si/c1-13-14-10-11-15(16-9-7-8-12-21-16)17(18(14)23-22-13)19(20(2,3)4)24-25(5)6/h7-12,19H,1-6H3. The molecule has 2 aromatic heterocycles. The molecule has 5 heteroatoms. The van der Waals surface area contributed by atoms with Gasteiger partial charge in [-0.2, -0.15) is 0 Å². The number of benzene rings is 1. The molecule has 0 bridgehead atoms. The monoisotopic (exact) mass is 353 g/mol. The topological polar surface area (TPSA) is 48.2 Å². The maximum Gasteiger partial charge on any atom is 0.205 e. The van der Waals surface area contributed by atoms with Gasteiger partial charge in [-0.25, -0.2) is 0 Å². The number of hydrogen-bond acceptors (Lipinski definition) is 4. The smallest absolute Gasteiger partial charge is 0.205 e. The van der Waals surface area contributed by atoms with Crippen molar-refractivity contribution in [1.82, 2.24) is 10.1 Å². The zero-order valence-electron chi connectivity index (χ0n) is 15.8. The molecule has 2 heterocycles. The molecule has 3 rings (SSSR count). The van der Waals surface area contributed by atoms with Gasteiger partial charge in [0.1, 0.15) is 0 Å². The van der Waals surface area contributed by atoms with E-state index < -0.39 is 9.04 Å². The maximum atomic E-state index is 6.47. The summed E-state index contributed by atoms with van der Waals surface area (Å²) in [5, 5.41) is 5.23. The highest BCUT2D eigenvalue weighted by atomic mass is 28.3. The van der Waals surface area contributed by atoms with Crippen LogP contribution in [0.4, 0.5) is 0 Å². The summed E-state index contributed by atoms with van der Waals surface area (Å²) in [7, 11) is -0.904. The van der Waals surface area contributed by atoms with Gasteiger partial charge in [-0.15, -0.1) is 0 Å². The summed E-state index contributed by atoms with van der Waals surface area (Å²) in [6.07, 6.45) is 1.72. The Morgan fingerprint density at radius 1 is 1.12 bits per heavy atom. The second-order valence-electron chi connectivity index (χ2n) is 7.66. The molecule has 131 valence electrons. The number of aryl methyl sites for hydroxylation is 1. The van der Waals surface area contributed by atoms with Gasteiger partial charge in [0.15, 0.2) is 5.58 Å². The molecule has 1 radical (unpaired) electrons. The van der Waals surface area contributed by atoms with Crippen molar-refractivity contribution in [2.75, 3.05) is 0 Å². The molecule has 0 N–H and O–H groups in total. The molecule has 1 aromatic carbocycles. The number of rotatable bonds is 4. The molecule has 3 aromatic rings. The van der Waals surface area contributed by atoms with E-state index in [1.54, 1.807) is 0 Å². The molecule has 0 amide bonds. The first-order chi connectivity index (χ1) is 11.8. The number of nitrogens with zero attached hydrogens (tertiary/aromatic N) is 2. The Morgan fingerprint density at radius 2 is 1.88 bits per heavy atom. The lowest BCUT2D eigenvalue weighted by Crippen LogP contribution is -2.26. The minimum absolute atomic E-state index is 0.0829. The van der Waals surface area contributed by atoms with E-state index >= 15 is 0 Å². The Hall–Kier alpha value is -1.98. The largest absolute Gasteiger partial charge is 0.410 e. The second kappa shape index (κ2) is 6.73. The Kier molecular flexibility index (Phi) is 4.80. The van der Waals surface area contributed by atoms with Crippen molar-refractivity contribution in [2.45, 2.75) is 46.9 Å². The van der Waals surface area contributed by atoms with Crippen LogP contribution in [0, 0.1) is 12.3 Å². The van der Waals surface area contributed by atoms with Crippen molar-refractivity contribution >= 4 is 20.0 Å². The molecule has 0 saturated carbocycles. The molecule has 25 heavy (non-hydrogen) atoms. The molecule has 0 saturated heterocycles. The van der Waals surface area contributed by atoms with Crippen molar-refractivity contribution in [2.24, 2.45) is 5.41 Å². The van der Waals surface area contributed by atoms with Crippen LogP contribution >= 0.6 is 0 Å². The third kappa shape index (κ3) is 3.53. The lowest BCUT2D eigenvalue weighted by molar-refractivity contribution is 0.0872. The molecule has 0 fully saturated rings. The highest BCUT2D eigenvalue weighted by Gasteiger charge is 2.33. The molecule has 0 aliphatic carbocycles. The molecule has 1 atom stereocenters. The number of aromatic nitrogens is 2. The summed E-state index contributed by atoms with van der Waals surface area (Å²) in [5.74, 6) is 0. The molecule has 0 spiro atoms. The SMILES string of the molecule is Cc1noc2c(C(O[Si](C)C)C(C)(C)C)c(-c3ccccn3)ccc12. The number of fused-ring (bicyclic) bond motifs is 1. The fourth-order valence-corrected chi connectivity index (χ4v) is 4.00. The normalized spacial score (nSPS) is 13.6. The first kappa shape index (κ1) is 17.8. The predicted octanol–water partition coefficient (Wildman–Crippen LogP) is 5.55. The Balaban J connectivity index is 2.32. The maximum absolute atomic E-state index is 6.47. The van der Waals surface area contributed by atoms with Gasteiger partial charge in [-0.05, 0) is 43.6 Å². The second-order valence-corrected chi connectivity index (χ2v) is 9.71. The van der Waals surface area contributed by atoms with Gasteiger partial charge in [0.05, 0.1) is 17.5 Å². The third-order valence-corrected chi connectivity index (χ3v) is 4.91. The summed E-state index contributed by atoms with van der Waals surface area (Å²) in [6.45, 7) is 12.9. The van der Waals surface area contributed by atoms with Crippen LogP contribution in [0.3, 0.4) is 0 Å². The van der Waals surface area contributed by atoms with Crippen molar-refractivity contribution < 1.29 is 8.95 Å². The molecule has 4 nitrogen and oxygen atoms in total. The first-order valence-corrected chi connectivity index (χ1v) is 11.0. The molecule has 0 aliphatic heterocycles. The highest BCUT2D eigenvalue weighted by molar-refractivity contribution is 6.48. The van der Waals surface area contributed by atoms with Gasteiger partial charge in [0.2, 0.25) is 9.04 Å². The predicted molar refractivity (Wildman–Crippen MR) is 103 cm³/mol. The summed E-state index contributed by atoms with van der Waals surface area (Å²) in [4.78, 5) is 4.56. The van der Waals surface area contributed by atoms with Crippen molar-refractivity contribution in [3.63, 3.8) is 0 Å². The minimum atomic E-state index is -0.904. The molecule has 1 unspecified atom stereocenters. The fraction of sp³-hybridized carbons (Fsp3) is 0.400. The van der Waals surface area contributed by atoms with E-state index in [2.05, 4.69) is 56.1 Å². The van der Waals surface area contributed by atoms with Crippen LogP contribution in [0.15, 0.2) is 41.1 Å². The number of hydrogen-bond donors (Lipinski definition) is 0. The van der Waals surface area contributed by atoms with Crippen LogP contribution < -0.4 is 0 Å². The Morgan fingerprint density at radius 3 is 2.48 bits per heavy atom. The van der Waals surface area contributed by atoms with Gasteiger partial charge < -0.3 is 8.95 Å². The fourth-order valence-electron chi connectivity index (χ4n) is 3.06. The Labute approximate surface area is 150 Å². The van der Waals surface area contributed by atoms with Gasteiger partial charge in [0, 0.05) is 22.7 Å². The quantitative estimate of drug-likeness (QED) is 0.577. The van der Waals surface area contributed by atoms with Crippen LogP contribution in [-0.2, 0) is 4.43 Å². The van der Waals surface area contributed by atoms with Crippen LogP contribution in [0.1, 0.15) is 38.1 Å². The van der Waals surface area contributed by atoms with Crippen molar-refractivity contribution in [3.05, 3.63) is 47.8 Å². The van der Waals surface area contributed by atoms with E-state index in [1.165, 1.54) is 0 Å². The molecular weight excluding hydrogens is 328 g/mol. The van der Waals surface area contributed by atoms with Gasteiger partial charge >= 0.3 is 0 Å².